The quantitative estimate of drug-likeness (QED) is 0.615. The molecule has 3 rings (SSSR count). The summed E-state index contributed by atoms with van der Waals surface area (Å²) < 4.78 is 1.91. The Morgan fingerprint density at radius 3 is 2.88 bits per heavy atom. The Labute approximate surface area is 148 Å². The van der Waals surface area contributed by atoms with Crippen molar-refractivity contribution < 1.29 is 4.79 Å². The van der Waals surface area contributed by atoms with Crippen molar-refractivity contribution in [3.8, 4) is 0 Å². The molecular formula is C19H25N3OS. The van der Waals surface area contributed by atoms with Crippen LogP contribution in [0.5, 0.6) is 0 Å². The molecule has 0 spiro atoms. The fraction of sp³-hybridized carbons (Fsp3) is 0.474. The molecule has 5 heteroatoms. The molecule has 0 amide bonds. The number of ketones is 1. The first-order valence-electron chi connectivity index (χ1n) is 8.47. The van der Waals surface area contributed by atoms with Gasteiger partial charge >= 0.3 is 0 Å². The molecule has 1 aliphatic rings. The van der Waals surface area contributed by atoms with Gasteiger partial charge in [0.1, 0.15) is 0 Å². The highest BCUT2D eigenvalue weighted by molar-refractivity contribution is 7.98. The van der Waals surface area contributed by atoms with Crippen LogP contribution in [0.3, 0.4) is 0 Å². The van der Waals surface area contributed by atoms with Gasteiger partial charge in [-0.3, -0.25) is 14.4 Å². The van der Waals surface area contributed by atoms with Crippen molar-refractivity contribution >= 4 is 17.5 Å². The second-order valence-corrected chi connectivity index (χ2v) is 7.37. The number of carbonyl (C=O) groups is 1. The molecule has 2 heterocycles. The van der Waals surface area contributed by atoms with E-state index in [-0.39, 0.29) is 5.92 Å². The lowest BCUT2D eigenvalue weighted by Gasteiger charge is -2.32. The van der Waals surface area contributed by atoms with Crippen LogP contribution < -0.4 is 0 Å². The lowest BCUT2D eigenvalue weighted by atomic mass is 9.90. The van der Waals surface area contributed by atoms with Gasteiger partial charge in [0.05, 0.1) is 6.20 Å². The first-order chi connectivity index (χ1) is 11.6. The van der Waals surface area contributed by atoms with E-state index in [0.717, 1.165) is 42.9 Å². The summed E-state index contributed by atoms with van der Waals surface area (Å²) in [6.07, 6.45) is 6.05. The van der Waals surface area contributed by atoms with E-state index in [0.29, 0.717) is 5.78 Å². The number of thioether (sulfide) groups is 1. The molecule has 0 N–H and O–H groups in total. The second kappa shape index (κ2) is 7.53. The van der Waals surface area contributed by atoms with E-state index >= 15 is 0 Å². The number of benzene rings is 1. The lowest BCUT2D eigenvalue weighted by Crippen LogP contribution is -2.38. The summed E-state index contributed by atoms with van der Waals surface area (Å²) in [5.74, 6) is 0.400. The van der Waals surface area contributed by atoms with Gasteiger partial charge in [0.15, 0.2) is 5.78 Å². The van der Waals surface area contributed by atoms with Crippen LogP contribution >= 0.6 is 11.8 Å². The monoisotopic (exact) mass is 343 g/mol. The minimum atomic E-state index is 0.101. The number of aryl methyl sites for hydroxylation is 1. The number of Topliss-reactive ketones (excluding diaryl/α,β-unsaturated/α-hetero) is 1. The van der Waals surface area contributed by atoms with Crippen LogP contribution in [0.4, 0.5) is 0 Å². The molecule has 1 aromatic heterocycles. The average molecular weight is 343 g/mol. The summed E-state index contributed by atoms with van der Waals surface area (Å²) in [6, 6.07) is 7.98. The number of piperidine rings is 1. The van der Waals surface area contributed by atoms with Crippen LogP contribution in [0.2, 0.25) is 0 Å². The number of hydrogen-bond donors (Lipinski definition) is 0. The third-order valence-corrected chi connectivity index (χ3v) is 5.78. The van der Waals surface area contributed by atoms with Gasteiger partial charge in [-0.15, -0.1) is 11.8 Å². The molecule has 0 saturated carbocycles. The van der Waals surface area contributed by atoms with E-state index in [1.54, 1.807) is 11.8 Å². The van der Waals surface area contributed by atoms with Gasteiger partial charge in [-0.2, -0.15) is 5.10 Å². The number of carbonyl (C=O) groups excluding carboxylic acids is 1. The van der Waals surface area contributed by atoms with Gasteiger partial charge in [0, 0.05) is 47.8 Å². The number of nitrogens with zero attached hydrogens (tertiary/aromatic N) is 3. The Balaban J connectivity index is 1.71. The maximum absolute atomic E-state index is 13.0. The maximum atomic E-state index is 13.0. The van der Waals surface area contributed by atoms with E-state index in [2.05, 4.69) is 16.9 Å². The van der Waals surface area contributed by atoms with E-state index in [1.165, 1.54) is 11.3 Å². The van der Waals surface area contributed by atoms with Crippen molar-refractivity contribution in [1.82, 2.24) is 14.7 Å². The van der Waals surface area contributed by atoms with Gasteiger partial charge < -0.3 is 0 Å². The number of likely N-dealkylation sites (tertiary alicyclic amines) is 1. The van der Waals surface area contributed by atoms with E-state index < -0.39 is 0 Å². The fourth-order valence-electron chi connectivity index (χ4n) is 3.42. The minimum Gasteiger partial charge on any atom is -0.298 e. The van der Waals surface area contributed by atoms with Gasteiger partial charge in [-0.1, -0.05) is 18.2 Å². The standard InChI is InChI=1S/C19H25N3OS/c1-14-16(11-20-21(14)2)13-22-10-6-7-15(12-22)19(23)17-8-4-5-9-18(17)24-3/h4-5,8-9,11,15H,6-7,10,12-13H2,1-3H3/t15-/m1/s1. The Morgan fingerprint density at radius 1 is 1.38 bits per heavy atom. The van der Waals surface area contributed by atoms with E-state index in [4.69, 9.17) is 0 Å². The molecular weight excluding hydrogens is 318 g/mol. The molecule has 1 fully saturated rings. The Bertz CT molecular complexity index is 725. The highest BCUT2D eigenvalue weighted by Crippen LogP contribution is 2.27. The summed E-state index contributed by atoms with van der Waals surface area (Å²) in [5.41, 5.74) is 3.35. The smallest absolute Gasteiger partial charge is 0.168 e. The molecule has 128 valence electrons. The minimum absolute atomic E-state index is 0.101. The van der Waals surface area contributed by atoms with Crippen LogP contribution in [0.1, 0.15) is 34.5 Å². The first kappa shape index (κ1) is 17.2. The predicted octanol–water partition coefficient (Wildman–Crippen LogP) is 3.55. The SMILES string of the molecule is CSc1ccccc1C(=O)[C@@H]1CCCN(Cc2cnn(C)c2C)C1. The van der Waals surface area contributed by atoms with Crippen molar-refractivity contribution in [3.05, 3.63) is 47.3 Å². The van der Waals surface area contributed by atoms with Gasteiger partial charge in [-0.05, 0) is 38.6 Å². The summed E-state index contributed by atoms with van der Waals surface area (Å²) in [7, 11) is 1.97. The highest BCUT2D eigenvalue weighted by atomic mass is 32.2. The van der Waals surface area contributed by atoms with E-state index in [1.807, 2.05) is 48.4 Å². The third kappa shape index (κ3) is 3.57. The van der Waals surface area contributed by atoms with Gasteiger partial charge in [0.25, 0.3) is 0 Å². The zero-order chi connectivity index (χ0) is 17.1. The fourth-order valence-corrected chi connectivity index (χ4v) is 4.02. The number of rotatable bonds is 5. The summed E-state index contributed by atoms with van der Waals surface area (Å²) in [4.78, 5) is 16.5. The van der Waals surface area contributed by atoms with Crippen molar-refractivity contribution in [2.24, 2.45) is 13.0 Å². The Hall–Kier alpha value is -1.59. The molecule has 1 aliphatic heterocycles. The molecule has 0 bridgehead atoms. The normalized spacial score (nSPS) is 18.7. The average Bonchev–Trinajstić information content (AvgIpc) is 2.93. The van der Waals surface area contributed by atoms with Crippen LogP contribution in [0, 0.1) is 12.8 Å². The van der Waals surface area contributed by atoms with Crippen LogP contribution in [0.25, 0.3) is 0 Å². The largest absolute Gasteiger partial charge is 0.298 e. The van der Waals surface area contributed by atoms with Crippen LogP contribution in [-0.2, 0) is 13.6 Å². The van der Waals surface area contributed by atoms with Crippen LogP contribution in [-0.4, -0.2) is 39.8 Å². The highest BCUT2D eigenvalue weighted by Gasteiger charge is 2.28. The maximum Gasteiger partial charge on any atom is 0.168 e. The molecule has 1 atom stereocenters. The zero-order valence-corrected chi connectivity index (χ0v) is 15.5. The molecule has 4 nitrogen and oxygen atoms in total. The van der Waals surface area contributed by atoms with Crippen LogP contribution in [0.15, 0.2) is 35.4 Å². The molecule has 0 unspecified atom stereocenters. The van der Waals surface area contributed by atoms with Crippen molar-refractivity contribution in [3.63, 3.8) is 0 Å². The van der Waals surface area contributed by atoms with Crippen molar-refractivity contribution in [1.29, 1.82) is 0 Å². The molecule has 0 radical (unpaired) electrons. The van der Waals surface area contributed by atoms with Crippen molar-refractivity contribution in [2.45, 2.75) is 31.2 Å². The summed E-state index contributed by atoms with van der Waals surface area (Å²) in [5, 5.41) is 4.33. The molecule has 1 aromatic carbocycles. The topological polar surface area (TPSA) is 38.1 Å². The third-order valence-electron chi connectivity index (χ3n) is 4.98. The predicted molar refractivity (Wildman–Crippen MR) is 98.5 cm³/mol. The molecule has 1 saturated heterocycles. The Kier molecular flexibility index (Phi) is 5.41. The van der Waals surface area contributed by atoms with E-state index in [9.17, 15) is 4.79 Å². The van der Waals surface area contributed by atoms with Crippen molar-refractivity contribution in [2.75, 3.05) is 19.3 Å². The molecule has 2 aromatic rings. The molecule has 0 aliphatic carbocycles. The molecule has 24 heavy (non-hydrogen) atoms. The van der Waals surface area contributed by atoms with Gasteiger partial charge in [0.2, 0.25) is 0 Å². The number of hydrogen-bond acceptors (Lipinski definition) is 4. The summed E-state index contributed by atoms with van der Waals surface area (Å²) >= 11 is 1.65. The Morgan fingerprint density at radius 2 is 2.17 bits per heavy atom. The zero-order valence-electron chi connectivity index (χ0n) is 14.7. The number of aromatic nitrogens is 2. The first-order valence-corrected chi connectivity index (χ1v) is 9.69. The van der Waals surface area contributed by atoms with Gasteiger partial charge in [-0.25, -0.2) is 0 Å². The second-order valence-electron chi connectivity index (χ2n) is 6.52. The summed E-state index contributed by atoms with van der Waals surface area (Å²) in [6.45, 7) is 4.88. The lowest BCUT2D eigenvalue weighted by molar-refractivity contribution is 0.0808.